The Morgan fingerprint density at radius 2 is 1.90 bits per heavy atom. The van der Waals surface area contributed by atoms with Gasteiger partial charge in [-0.15, -0.1) is 0 Å². The second kappa shape index (κ2) is 8.02. The van der Waals surface area contributed by atoms with Crippen molar-refractivity contribution < 1.29 is 14.3 Å². The standard InChI is InChI=1S/C26H29NO3/c1-5-23(29-20-12-11-18-8-6-7-9-19(18)15-20)25(28)27-22-16-26(3,4)30-24-14-17(2)10-13-21(22)24/h6-15,22-23H,5,16H2,1-4H3,(H,27,28)/t22-,23-/m1/s1. The van der Waals surface area contributed by atoms with Crippen molar-refractivity contribution in [2.45, 2.75) is 58.3 Å². The first-order chi connectivity index (χ1) is 14.3. The highest BCUT2D eigenvalue weighted by Crippen LogP contribution is 2.40. The Balaban J connectivity index is 1.52. The van der Waals surface area contributed by atoms with Crippen LogP contribution in [-0.4, -0.2) is 17.6 Å². The van der Waals surface area contributed by atoms with Gasteiger partial charge in [0, 0.05) is 12.0 Å². The Bertz CT molecular complexity index is 1070. The topological polar surface area (TPSA) is 47.6 Å². The van der Waals surface area contributed by atoms with E-state index in [1.165, 1.54) is 0 Å². The number of hydrogen-bond acceptors (Lipinski definition) is 3. The molecule has 3 aromatic rings. The van der Waals surface area contributed by atoms with Gasteiger partial charge in [-0.3, -0.25) is 4.79 Å². The zero-order chi connectivity index (χ0) is 21.3. The van der Waals surface area contributed by atoms with Crippen LogP contribution in [0.15, 0.2) is 60.7 Å². The normalized spacial score (nSPS) is 18.2. The molecule has 1 N–H and O–H groups in total. The highest BCUT2D eigenvalue weighted by molar-refractivity contribution is 5.84. The van der Waals surface area contributed by atoms with Crippen LogP contribution in [0.25, 0.3) is 10.8 Å². The second-order valence-electron chi connectivity index (χ2n) is 8.69. The molecule has 0 radical (unpaired) electrons. The van der Waals surface area contributed by atoms with Gasteiger partial charge in [-0.1, -0.05) is 49.4 Å². The van der Waals surface area contributed by atoms with Crippen LogP contribution in [-0.2, 0) is 4.79 Å². The van der Waals surface area contributed by atoms with E-state index in [0.717, 1.165) is 27.6 Å². The fourth-order valence-electron chi connectivity index (χ4n) is 4.08. The number of aryl methyl sites for hydroxylation is 1. The van der Waals surface area contributed by atoms with Crippen molar-refractivity contribution >= 4 is 16.7 Å². The molecule has 0 unspecified atom stereocenters. The fourth-order valence-corrected chi connectivity index (χ4v) is 4.08. The van der Waals surface area contributed by atoms with Gasteiger partial charge >= 0.3 is 0 Å². The molecule has 0 fully saturated rings. The number of fused-ring (bicyclic) bond motifs is 2. The summed E-state index contributed by atoms with van der Waals surface area (Å²) in [6, 6.07) is 20.1. The molecule has 4 rings (SSSR count). The lowest BCUT2D eigenvalue weighted by molar-refractivity contribution is -0.129. The molecule has 1 aliphatic heterocycles. The fraction of sp³-hybridized carbons (Fsp3) is 0.346. The van der Waals surface area contributed by atoms with E-state index in [2.05, 4.69) is 37.4 Å². The van der Waals surface area contributed by atoms with Gasteiger partial charge < -0.3 is 14.8 Å². The summed E-state index contributed by atoms with van der Waals surface area (Å²) in [6.45, 7) is 8.13. The number of hydrogen-bond donors (Lipinski definition) is 1. The number of rotatable bonds is 5. The van der Waals surface area contributed by atoms with E-state index < -0.39 is 6.10 Å². The predicted molar refractivity (Wildman–Crippen MR) is 120 cm³/mol. The molecule has 0 aromatic heterocycles. The van der Waals surface area contributed by atoms with Crippen LogP contribution in [0.2, 0.25) is 0 Å². The average molecular weight is 404 g/mol. The van der Waals surface area contributed by atoms with Crippen molar-refractivity contribution in [1.82, 2.24) is 5.32 Å². The lowest BCUT2D eigenvalue weighted by atomic mass is 9.89. The molecule has 1 amide bonds. The van der Waals surface area contributed by atoms with Crippen molar-refractivity contribution in [2.75, 3.05) is 0 Å². The van der Waals surface area contributed by atoms with Crippen LogP contribution >= 0.6 is 0 Å². The number of carbonyl (C=O) groups excluding carboxylic acids is 1. The highest BCUT2D eigenvalue weighted by Gasteiger charge is 2.35. The smallest absolute Gasteiger partial charge is 0.261 e. The maximum absolute atomic E-state index is 13.1. The highest BCUT2D eigenvalue weighted by atomic mass is 16.5. The van der Waals surface area contributed by atoms with E-state index >= 15 is 0 Å². The largest absolute Gasteiger partial charge is 0.487 e. The van der Waals surface area contributed by atoms with Gasteiger partial charge in [-0.2, -0.15) is 0 Å². The van der Waals surface area contributed by atoms with Crippen LogP contribution in [0.4, 0.5) is 0 Å². The van der Waals surface area contributed by atoms with Crippen LogP contribution < -0.4 is 14.8 Å². The summed E-state index contributed by atoms with van der Waals surface area (Å²) < 4.78 is 12.2. The molecule has 0 aliphatic carbocycles. The van der Waals surface area contributed by atoms with Crippen LogP contribution in [0.5, 0.6) is 11.5 Å². The van der Waals surface area contributed by atoms with Crippen LogP contribution in [0, 0.1) is 6.92 Å². The molecule has 4 nitrogen and oxygen atoms in total. The molecule has 4 heteroatoms. The average Bonchev–Trinajstić information content (AvgIpc) is 2.70. The molecule has 30 heavy (non-hydrogen) atoms. The van der Waals surface area contributed by atoms with Gasteiger partial charge in [0.15, 0.2) is 6.10 Å². The monoisotopic (exact) mass is 403 g/mol. The Morgan fingerprint density at radius 3 is 2.67 bits per heavy atom. The first kappa shape index (κ1) is 20.3. The summed E-state index contributed by atoms with van der Waals surface area (Å²) in [5, 5.41) is 5.46. The third-order valence-electron chi connectivity index (χ3n) is 5.61. The molecule has 156 valence electrons. The van der Waals surface area contributed by atoms with E-state index in [1.807, 2.05) is 56.3 Å². The Kier molecular flexibility index (Phi) is 5.42. The van der Waals surface area contributed by atoms with Crippen molar-refractivity contribution in [1.29, 1.82) is 0 Å². The molecule has 3 aromatic carbocycles. The SMILES string of the molecule is CC[C@@H](Oc1ccc2ccccc2c1)C(=O)N[C@@H]1CC(C)(C)Oc2cc(C)ccc21. The van der Waals surface area contributed by atoms with Crippen molar-refractivity contribution in [2.24, 2.45) is 0 Å². The lowest BCUT2D eigenvalue weighted by Gasteiger charge is -2.38. The minimum Gasteiger partial charge on any atom is -0.487 e. The molecule has 0 bridgehead atoms. The second-order valence-corrected chi connectivity index (χ2v) is 8.69. The third-order valence-corrected chi connectivity index (χ3v) is 5.61. The molecule has 0 saturated carbocycles. The zero-order valence-corrected chi connectivity index (χ0v) is 18.1. The van der Waals surface area contributed by atoms with E-state index in [4.69, 9.17) is 9.47 Å². The van der Waals surface area contributed by atoms with Crippen molar-refractivity contribution in [3.63, 3.8) is 0 Å². The number of nitrogens with one attached hydrogen (secondary N) is 1. The predicted octanol–water partition coefficient (Wildman–Crippen LogP) is 5.72. The molecule has 1 heterocycles. The Labute approximate surface area is 178 Å². The summed E-state index contributed by atoms with van der Waals surface area (Å²) in [5.74, 6) is 1.46. The number of ether oxygens (including phenoxy) is 2. The van der Waals surface area contributed by atoms with E-state index in [-0.39, 0.29) is 17.6 Å². The van der Waals surface area contributed by atoms with Gasteiger partial charge in [0.1, 0.15) is 17.1 Å². The van der Waals surface area contributed by atoms with Crippen LogP contribution in [0.3, 0.4) is 0 Å². The molecule has 1 aliphatic rings. The van der Waals surface area contributed by atoms with Gasteiger partial charge in [0.25, 0.3) is 5.91 Å². The van der Waals surface area contributed by atoms with Crippen LogP contribution in [0.1, 0.15) is 50.8 Å². The van der Waals surface area contributed by atoms with Crippen molar-refractivity contribution in [3.8, 4) is 11.5 Å². The summed E-state index contributed by atoms with van der Waals surface area (Å²) in [4.78, 5) is 13.1. The van der Waals surface area contributed by atoms with E-state index in [1.54, 1.807) is 0 Å². The quantitative estimate of drug-likeness (QED) is 0.592. The minimum atomic E-state index is -0.550. The summed E-state index contributed by atoms with van der Waals surface area (Å²) >= 11 is 0. The zero-order valence-electron chi connectivity index (χ0n) is 18.1. The molecule has 0 saturated heterocycles. The van der Waals surface area contributed by atoms with Gasteiger partial charge in [0.05, 0.1) is 6.04 Å². The van der Waals surface area contributed by atoms with Gasteiger partial charge in [-0.25, -0.2) is 0 Å². The lowest BCUT2D eigenvalue weighted by Crippen LogP contribution is -2.45. The van der Waals surface area contributed by atoms with Gasteiger partial charge in [-0.05, 0) is 61.7 Å². The van der Waals surface area contributed by atoms with Crippen molar-refractivity contribution in [3.05, 3.63) is 71.8 Å². The Morgan fingerprint density at radius 1 is 1.13 bits per heavy atom. The van der Waals surface area contributed by atoms with E-state index in [9.17, 15) is 4.79 Å². The number of carbonyl (C=O) groups is 1. The summed E-state index contributed by atoms with van der Waals surface area (Å²) in [7, 11) is 0. The van der Waals surface area contributed by atoms with E-state index in [0.29, 0.717) is 18.6 Å². The number of amides is 1. The first-order valence-corrected chi connectivity index (χ1v) is 10.6. The minimum absolute atomic E-state index is 0.0973. The Hall–Kier alpha value is -3.01. The maximum Gasteiger partial charge on any atom is 0.261 e. The molecule has 0 spiro atoms. The van der Waals surface area contributed by atoms with Gasteiger partial charge in [0.2, 0.25) is 0 Å². The molecular weight excluding hydrogens is 374 g/mol. The maximum atomic E-state index is 13.1. The first-order valence-electron chi connectivity index (χ1n) is 10.6. The summed E-state index contributed by atoms with van der Waals surface area (Å²) in [6.07, 6.45) is 0.749. The molecule has 2 atom stereocenters. The number of benzene rings is 3. The molecular formula is C26H29NO3. The third kappa shape index (κ3) is 4.28. The summed E-state index contributed by atoms with van der Waals surface area (Å²) in [5.41, 5.74) is 1.82.